The number of benzene rings is 2. The molecule has 3 nitrogen and oxygen atoms in total. The maximum absolute atomic E-state index is 6.51. The summed E-state index contributed by atoms with van der Waals surface area (Å²) in [5, 5.41) is 0. The maximum Gasteiger partial charge on any atom is 0.435 e. The molecular weight excluding hydrogens is 375 g/mol. The largest absolute Gasteiger partial charge is 0.435 e. The molecule has 0 amide bonds. The van der Waals surface area contributed by atoms with E-state index in [1.807, 2.05) is 60.7 Å². The Bertz CT molecular complexity index is 705. The minimum Gasteiger partial charge on any atom is -0.416 e. The number of hydrogen-bond acceptors (Lipinski definition) is 4. The molecule has 1 fully saturated rings. The van der Waals surface area contributed by atoms with Crippen molar-refractivity contribution in [2.45, 2.75) is 46.1 Å². The van der Waals surface area contributed by atoms with E-state index in [0.717, 1.165) is 12.8 Å². The summed E-state index contributed by atoms with van der Waals surface area (Å²) in [7, 11) is 0. The number of para-hydroxylation sites is 2. The predicted molar refractivity (Wildman–Crippen MR) is 115 cm³/mol. The first-order chi connectivity index (χ1) is 13.0. The monoisotopic (exact) mass is 404 g/mol. The Morgan fingerprint density at radius 2 is 1.41 bits per heavy atom. The number of hydrogen-bond donors (Lipinski definition) is 0. The summed E-state index contributed by atoms with van der Waals surface area (Å²) in [6.45, 7) is 3.80. The van der Waals surface area contributed by atoms with Crippen molar-refractivity contribution < 1.29 is 13.6 Å². The summed E-state index contributed by atoms with van der Waals surface area (Å²) in [6, 6.07) is 19.2. The highest BCUT2D eigenvalue weighted by Crippen LogP contribution is 2.54. The third kappa shape index (κ3) is 5.81. The standard InChI is InChI=1S/C22H29O3PS/c1-17(2)21-15-14-18(3)16-22(21)25-26(27,23-19-10-6-4-7-11-19)24-20-12-8-5-9-13-20/h4-13,17-18,21-22H,14-16H2,1-3H3/t18-,21+,22-/m1/s1. The number of rotatable bonds is 7. The van der Waals surface area contributed by atoms with E-state index in [2.05, 4.69) is 20.8 Å². The molecule has 27 heavy (non-hydrogen) atoms. The summed E-state index contributed by atoms with van der Waals surface area (Å²) in [5.41, 5.74) is 0. The van der Waals surface area contributed by atoms with Crippen molar-refractivity contribution in [3.05, 3.63) is 60.7 Å². The van der Waals surface area contributed by atoms with Gasteiger partial charge in [-0.05, 0) is 54.9 Å². The van der Waals surface area contributed by atoms with Gasteiger partial charge in [0.2, 0.25) is 0 Å². The van der Waals surface area contributed by atoms with Crippen LogP contribution in [0.5, 0.6) is 11.5 Å². The van der Waals surface area contributed by atoms with Crippen LogP contribution in [0.15, 0.2) is 60.7 Å². The van der Waals surface area contributed by atoms with Gasteiger partial charge < -0.3 is 9.05 Å². The van der Waals surface area contributed by atoms with Gasteiger partial charge in [-0.3, -0.25) is 4.52 Å². The zero-order valence-electron chi connectivity index (χ0n) is 16.3. The lowest BCUT2D eigenvalue weighted by Gasteiger charge is -2.39. The van der Waals surface area contributed by atoms with E-state index in [1.165, 1.54) is 6.42 Å². The van der Waals surface area contributed by atoms with E-state index in [-0.39, 0.29) is 6.10 Å². The van der Waals surface area contributed by atoms with Gasteiger partial charge in [-0.15, -0.1) is 0 Å². The zero-order valence-corrected chi connectivity index (χ0v) is 18.0. The van der Waals surface area contributed by atoms with E-state index < -0.39 is 6.72 Å². The van der Waals surface area contributed by atoms with E-state index in [1.54, 1.807) is 0 Å². The molecule has 146 valence electrons. The van der Waals surface area contributed by atoms with Gasteiger partial charge in [0.05, 0.1) is 6.10 Å². The van der Waals surface area contributed by atoms with Crippen LogP contribution < -0.4 is 9.05 Å². The van der Waals surface area contributed by atoms with Crippen LogP contribution in [0.1, 0.15) is 40.0 Å². The van der Waals surface area contributed by atoms with Crippen molar-refractivity contribution in [2.24, 2.45) is 17.8 Å². The second-order valence-corrected chi connectivity index (χ2v) is 10.5. The quantitative estimate of drug-likeness (QED) is 0.472. The fraction of sp³-hybridized carbons (Fsp3) is 0.455. The third-order valence-electron chi connectivity index (χ3n) is 5.15. The summed E-state index contributed by atoms with van der Waals surface area (Å²) >= 11 is 5.87. The van der Waals surface area contributed by atoms with E-state index >= 15 is 0 Å². The average Bonchev–Trinajstić information content (AvgIpc) is 2.62. The van der Waals surface area contributed by atoms with Crippen LogP contribution in [0.25, 0.3) is 0 Å². The van der Waals surface area contributed by atoms with Crippen molar-refractivity contribution in [1.29, 1.82) is 0 Å². The van der Waals surface area contributed by atoms with Crippen molar-refractivity contribution in [1.82, 2.24) is 0 Å². The Hall–Kier alpha value is -1.35. The van der Waals surface area contributed by atoms with Gasteiger partial charge in [-0.25, -0.2) is 0 Å². The Morgan fingerprint density at radius 3 is 1.89 bits per heavy atom. The van der Waals surface area contributed by atoms with Crippen LogP contribution in [-0.2, 0) is 16.3 Å². The molecule has 0 saturated heterocycles. The Kier molecular flexibility index (Phi) is 6.97. The summed E-state index contributed by atoms with van der Waals surface area (Å²) in [6.07, 6.45) is 3.46. The first kappa shape index (κ1) is 20.4. The average molecular weight is 405 g/mol. The van der Waals surface area contributed by atoms with Crippen LogP contribution in [0, 0.1) is 17.8 Å². The SMILES string of the molecule is CC(C)[C@@H]1CC[C@@H](C)C[C@H]1OP(=S)(Oc1ccccc1)Oc1ccccc1. The molecule has 0 heterocycles. The molecule has 3 atom stereocenters. The Morgan fingerprint density at radius 1 is 0.889 bits per heavy atom. The van der Waals surface area contributed by atoms with Gasteiger partial charge in [-0.2, -0.15) is 0 Å². The molecule has 0 unspecified atom stereocenters. The Balaban J connectivity index is 1.85. The van der Waals surface area contributed by atoms with Gasteiger partial charge in [0.15, 0.2) is 0 Å². The zero-order chi connectivity index (χ0) is 19.3. The first-order valence-corrected chi connectivity index (χ1v) is 12.3. The highest BCUT2D eigenvalue weighted by atomic mass is 32.5. The van der Waals surface area contributed by atoms with Gasteiger partial charge in [0.1, 0.15) is 11.5 Å². The van der Waals surface area contributed by atoms with Gasteiger partial charge in [0, 0.05) is 11.8 Å². The molecule has 0 aliphatic heterocycles. The fourth-order valence-corrected chi connectivity index (χ4v) is 5.99. The summed E-state index contributed by atoms with van der Waals surface area (Å²) < 4.78 is 18.8. The van der Waals surface area contributed by atoms with Crippen LogP contribution in [0.2, 0.25) is 0 Å². The van der Waals surface area contributed by atoms with E-state index in [0.29, 0.717) is 29.3 Å². The molecule has 2 aromatic rings. The third-order valence-corrected chi connectivity index (χ3v) is 7.25. The minimum atomic E-state index is -3.00. The van der Waals surface area contributed by atoms with Crippen LogP contribution in [0.4, 0.5) is 0 Å². The molecule has 0 bridgehead atoms. The molecule has 0 N–H and O–H groups in total. The van der Waals surface area contributed by atoms with Crippen molar-refractivity contribution in [3.63, 3.8) is 0 Å². The lowest BCUT2D eigenvalue weighted by molar-refractivity contribution is 0.0387. The summed E-state index contributed by atoms with van der Waals surface area (Å²) in [5.74, 6) is 3.01. The fourth-order valence-electron chi connectivity index (χ4n) is 3.68. The van der Waals surface area contributed by atoms with Gasteiger partial charge >= 0.3 is 6.72 Å². The first-order valence-electron chi connectivity index (χ1n) is 9.73. The minimum absolute atomic E-state index is 0.0620. The lowest BCUT2D eigenvalue weighted by Crippen LogP contribution is -2.34. The van der Waals surface area contributed by atoms with Crippen LogP contribution in [-0.4, -0.2) is 6.10 Å². The summed E-state index contributed by atoms with van der Waals surface area (Å²) in [4.78, 5) is 0. The second kappa shape index (κ2) is 9.23. The molecule has 0 radical (unpaired) electrons. The highest BCUT2D eigenvalue weighted by Gasteiger charge is 2.37. The molecule has 3 rings (SSSR count). The van der Waals surface area contributed by atoms with Gasteiger partial charge in [-0.1, -0.05) is 63.6 Å². The normalized spacial score (nSPS) is 23.2. The van der Waals surface area contributed by atoms with E-state index in [4.69, 9.17) is 25.4 Å². The second-order valence-electron chi connectivity index (χ2n) is 7.73. The molecular formula is C22H29O3PS. The van der Waals surface area contributed by atoms with Crippen LogP contribution >= 0.6 is 6.72 Å². The van der Waals surface area contributed by atoms with E-state index in [9.17, 15) is 0 Å². The molecule has 1 aliphatic rings. The van der Waals surface area contributed by atoms with Crippen molar-refractivity contribution in [2.75, 3.05) is 0 Å². The predicted octanol–water partition coefficient (Wildman–Crippen LogP) is 6.85. The molecule has 0 spiro atoms. The van der Waals surface area contributed by atoms with Crippen molar-refractivity contribution >= 4 is 18.5 Å². The van der Waals surface area contributed by atoms with Crippen LogP contribution in [0.3, 0.4) is 0 Å². The molecule has 5 heteroatoms. The molecule has 1 aliphatic carbocycles. The highest BCUT2D eigenvalue weighted by molar-refractivity contribution is 8.07. The lowest BCUT2D eigenvalue weighted by atomic mass is 9.75. The smallest absolute Gasteiger partial charge is 0.416 e. The molecule has 2 aromatic carbocycles. The molecule has 1 saturated carbocycles. The van der Waals surface area contributed by atoms with Crippen molar-refractivity contribution in [3.8, 4) is 11.5 Å². The van der Waals surface area contributed by atoms with Gasteiger partial charge in [0.25, 0.3) is 0 Å². The maximum atomic E-state index is 6.51. The topological polar surface area (TPSA) is 27.7 Å². The molecule has 0 aromatic heterocycles. The Labute approximate surface area is 168 Å².